The molecule has 1 fully saturated rings. The second kappa shape index (κ2) is 7.50. The number of hydrogen-bond acceptors (Lipinski definition) is 6. The second-order valence-corrected chi connectivity index (χ2v) is 8.52. The van der Waals surface area contributed by atoms with Crippen LogP contribution in [0.15, 0.2) is 30.6 Å². The molecule has 0 unspecified atom stereocenters. The van der Waals surface area contributed by atoms with Crippen molar-refractivity contribution in [1.82, 2.24) is 35.3 Å². The van der Waals surface area contributed by atoms with E-state index in [-0.39, 0.29) is 17.5 Å². The normalized spacial score (nSPS) is 20.6. The second-order valence-electron chi connectivity index (χ2n) is 8.52. The Morgan fingerprint density at radius 3 is 2.94 bits per heavy atom. The number of aromatic nitrogens is 6. The van der Waals surface area contributed by atoms with Crippen LogP contribution in [-0.4, -0.2) is 53.9 Å². The molecular weight excluding hydrogens is 418 g/mol. The van der Waals surface area contributed by atoms with Gasteiger partial charge in [-0.05, 0) is 37.5 Å². The lowest BCUT2D eigenvalue weighted by Gasteiger charge is -2.45. The summed E-state index contributed by atoms with van der Waals surface area (Å²) in [6, 6.07) is 5.61. The van der Waals surface area contributed by atoms with Crippen LogP contribution >= 0.6 is 0 Å². The van der Waals surface area contributed by atoms with Gasteiger partial charge >= 0.3 is 0 Å². The number of benzene rings is 1. The Kier molecular flexibility index (Phi) is 4.75. The Hall–Kier alpha value is -3.63. The van der Waals surface area contributed by atoms with E-state index >= 15 is 0 Å². The number of fused-ring (bicyclic) bond motifs is 2. The lowest BCUT2D eigenvalue weighted by Crippen LogP contribution is -2.59. The first kappa shape index (κ1) is 20.3. The fourth-order valence-corrected chi connectivity index (χ4v) is 4.45. The molecule has 9 nitrogen and oxygen atoms in total. The van der Waals surface area contributed by atoms with Gasteiger partial charge in [-0.1, -0.05) is 11.3 Å². The van der Waals surface area contributed by atoms with Gasteiger partial charge in [0.25, 0.3) is 6.43 Å². The first-order valence-corrected chi connectivity index (χ1v) is 10.3. The zero-order chi connectivity index (χ0) is 22.5. The molecule has 1 amide bonds. The summed E-state index contributed by atoms with van der Waals surface area (Å²) in [4.78, 5) is 23.5. The summed E-state index contributed by atoms with van der Waals surface area (Å²) in [5, 5.41) is 14.9. The standard InChI is InChI=1S/C21H22F2N8O/c1-11(32)28-21(2)6-13(7-21)26-20-25-9-15-14(8-24-19(15)27-20)12-3-4-16-17(5-12)31(30-29-16)10-18(22)23/h3-5,8-9,13,18H,6-7,10H2,1-2H3,(H,28,32)(H2,24,25,26,27)/t13-,21-. The third-order valence-electron chi connectivity index (χ3n) is 5.77. The van der Waals surface area contributed by atoms with Crippen LogP contribution in [0.5, 0.6) is 0 Å². The molecule has 0 bridgehead atoms. The fourth-order valence-electron chi connectivity index (χ4n) is 4.45. The summed E-state index contributed by atoms with van der Waals surface area (Å²) in [6.45, 7) is 3.04. The number of carbonyl (C=O) groups is 1. The molecule has 11 heteroatoms. The Morgan fingerprint density at radius 2 is 2.19 bits per heavy atom. The molecule has 3 aromatic heterocycles. The van der Waals surface area contributed by atoms with E-state index in [4.69, 9.17) is 0 Å². The molecule has 0 aliphatic heterocycles. The monoisotopic (exact) mass is 440 g/mol. The fraction of sp³-hybridized carbons (Fsp3) is 0.381. The van der Waals surface area contributed by atoms with Crippen LogP contribution in [0.4, 0.5) is 14.7 Å². The number of nitrogens with one attached hydrogen (secondary N) is 3. The van der Waals surface area contributed by atoms with Crippen molar-refractivity contribution in [2.24, 2.45) is 0 Å². The van der Waals surface area contributed by atoms with E-state index in [2.05, 4.69) is 35.9 Å². The number of nitrogens with zero attached hydrogens (tertiary/aromatic N) is 5. The van der Waals surface area contributed by atoms with Gasteiger partial charge in [0.1, 0.15) is 17.7 Å². The van der Waals surface area contributed by atoms with Gasteiger partial charge in [-0.15, -0.1) is 5.10 Å². The largest absolute Gasteiger partial charge is 0.351 e. The van der Waals surface area contributed by atoms with Crippen LogP contribution in [0.2, 0.25) is 0 Å². The molecule has 32 heavy (non-hydrogen) atoms. The maximum atomic E-state index is 12.8. The van der Waals surface area contributed by atoms with E-state index in [0.29, 0.717) is 22.6 Å². The number of amides is 1. The predicted octanol–water partition coefficient (Wildman–Crippen LogP) is 3.10. The van der Waals surface area contributed by atoms with Crippen LogP contribution in [0, 0.1) is 0 Å². The molecule has 1 aliphatic rings. The van der Waals surface area contributed by atoms with Gasteiger partial charge in [0.05, 0.1) is 5.52 Å². The molecule has 4 aromatic rings. The van der Waals surface area contributed by atoms with Gasteiger partial charge in [0.2, 0.25) is 11.9 Å². The lowest BCUT2D eigenvalue weighted by atomic mass is 9.74. The Morgan fingerprint density at radius 1 is 1.38 bits per heavy atom. The Bertz CT molecular complexity index is 1310. The molecular formula is C21H22F2N8O. The molecule has 3 N–H and O–H groups in total. The van der Waals surface area contributed by atoms with E-state index in [9.17, 15) is 13.6 Å². The first-order chi connectivity index (χ1) is 15.3. The SMILES string of the molecule is CC(=O)N[C@]1(C)C[C@@H](Nc2ncc3c(-c4ccc5nnn(CC(F)F)c5c4)c[nH]c3n2)C1. The smallest absolute Gasteiger partial charge is 0.258 e. The molecule has 1 aromatic carbocycles. The summed E-state index contributed by atoms with van der Waals surface area (Å²) in [6.07, 6.45) is 2.64. The van der Waals surface area contributed by atoms with Crippen molar-refractivity contribution in [2.45, 2.75) is 51.2 Å². The van der Waals surface area contributed by atoms with Crippen molar-refractivity contribution < 1.29 is 13.6 Å². The number of H-pyrrole nitrogens is 1. The number of carbonyl (C=O) groups excluding carboxylic acids is 1. The van der Waals surface area contributed by atoms with Gasteiger partial charge < -0.3 is 15.6 Å². The van der Waals surface area contributed by atoms with Gasteiger partial charge in [0.15, 0.2) is 0 Å². The van der Waals surface area contributed by atoms with Crippen LogP contribution in [0.1, 0.15) is 26.7 Å². The van der Waals surface area contributed by atoms with Crippen LogP contribution < -0.4 is 10.6 Å². The topological polar surface area (TPSA) is 113 Å². The zero-order valence-electron chi connectivity index (χ0n) is 17.6. The van der Waals surface area contributed by atoms with Crippen molar-refractivity contribution in [1.29, 1.82) is 0 Å². The van der Waals surface area contributed by atoms with E-state index in [1.54, 1.807) is 18.3 Å². The summed E-state index contributed by atoms with van der Waals surface area (Å²) < 4.78 is 26.9. The van der Waals surface area contributed by atoms with E-state index in [1.807, 2.05) is 19.2 Å². The number of aromatic amines is 1. The van der Waals surface area contributed by atoms with Crippen molar-refractivity contribution >= 4 is 33.9 Å². The van der Waals surface area contributed by atoms with Gasteiger partial charge in [0, 0.05) is 41.8 Å². The highest BCUT2D eigenvalue weighted by atomic mass is 19.3. The average Bonchev–Trinajstić information content (AvgIpc) is 3.29. The van der Waals surface area contributed by atoms with E-state index < -0.39 is 13.0 Å². The van der Waals surface area contributed by atoms with Gasteiger partial charge in [-0.3, -0.25) is 4.79 Å². The van der Waals surface area contributed by atoms with E-state index in [0.717, 1.165) is 29.4 Å². The number of alkyl halides is 2. The minimum absolute atomic E-state index is 0.0336. The number of anilines is 1. The molecule has 5 rings (SSSR count). The van der Waals surface area contributed by atoms with Crippen molar-refractivity contribution in [3.8, 4) is 11.1 Å². The minimum atomic E-state index is -2.51. The Balaban J connectivity index is 1.37. The molecule has 3 heterocycles. The summed E-state index contributed by atoms with van der Waals surface area (Å²) in [5.41, 5.74) is 3.27. The number of halogens is 2. The lowest BCUT2D eigenvalue weighted by molar-refractivity contribution is -0.121. The predicted molar refractivity (Wildman–Crippen MR) is 115 cm³/mol. The molecule has 0 spiro atoms. The molecule has 1 saturated carbocycles. The average molecular weight is 440 g/mol. The number of hydrogen-bond donors (Lipinski definition) is 3. The van der Waals surface area contributed by atoms with Crippen LogP contribution in [0.3, 0.4) is 0 Å². The summed E-state index contributed by atoms with van der Waals surface area (Å²) in [7, 11) is 0. The molecule has 0 radical (unpaired) electrons. The molecule has 1 aliphatic carbocycles. The Labute approximate surface area is 181 Å². The van der Waals surface area contributed by atoms with Crippen molar-refractivity contribution in [3.05, 3.63) is 30.6 Å². The maximum Gasteiger partial charge on any atom is 0.258 e. The van der Waals surface area contributed by atoms with Crippen molar-refractivity contribution in [2.75, 3.05) is 5.32 Å². The third-order valence-corrected chi connectivity index (χ3v) is 5.77. The molecule has 166 valence electrons. The maximum absolute atomic E-state index is 12.8. The summed E-state index contributed by atoms with van der Waals surface area (Å²) >= 11 is 0. The van der Waals surface area contributed by atoms with Gasteiger partial charge in [-0.25, -0.2) is 18.4 Å². The number of rotatable bonds is 6. The third kappa shape index (κ3) is 3.74. The van der Waals surface area contributed by atoms with Gasteiger partial charge in [-0.2, -0.15) is 4.98 Å². The van der Waals surface area contributed by atoms with Crippen LogP contribution in [0.25, 0.3) is 33.2 Å². The quantitative estimate of drug-likeness (QED) is 0.425. The highest BCUT2D eigenvalue weighted by Gasteiger charge is 2.41. The zero-order valence-corrected chi connectivity index (χ0v) is 17.6. The first-order valence-electron chi connectivity index (χ1n) is 10.3. The van der Waals surface area contributed by atoms with E-state index in [1.165, 1.54) is 11.6 Å². The van der Waals surface area contributed by atoms with Crippen molar-refractivity contribution in [3.63, 3.8) is 0 Å². The summed E-state index contributed by atoms with van der Waals surface area (Å²) in [5.74, 6) is 0.476. The molecule has 0 atom stereocenters. The molecule has 0 saturated heterocycles. The highest BCUT2D eigenvalue weighted by molar-refractivity contribution is 5.95. The minimum Gasteiger partial charge on any atom is -0.351 e. The highest BCUT2D eigenvalue weighted by Crippen LogP contribution is 2.34. The van der Waals surface area contributed by atoms with Crippen LogP contribution in [-0.2, 0) is 11.3 Å².